The molecule has 1 fully saturated rings. The largest absolute Gasteiger partial charge is 0.243 e. The van der Waals surface area contributed by atoms with Crippen LogP contribution in [0.2, 0.25) is 0 Å². The molecule has 1 aromatic rings. The van der Waals surface area contributed by atoms with Gasteiger partial charge in [0, 0.05) is 23.4 Å². The van der Waals surface area contributed by atoms with Gasteiger partial charge in [-0.15, -0.1) is 11.6 Å². The highest BCUT2D eigenvalue weighted by atomic mass is 79.9. The average molecular weight is 395 g/mol. The number of rotatable bonds is 3. The standard InChI is InChI=1S/C15H21BrClNO2S/c1-12-14(16)9-13(11-17)10-15(12)21(19,20)18-7-5-3-2-4-6-8-18/h9-10H,2-8,11H2,1H3. The second kappa shape index (κ2) is 7.44. The van der Waals surface area contributed by atoms with Gasteiger partial charge in [0.25, 0.3) is 0 Å². The number of alkyl halides is 1. The molecule has 6 heteroatoms. The van der Waals surface area contributed by atoms with Crippen LogP contribution in [-0.2, 0) is 15.9 Å². The zero-order chi connectivity index (χ0) is 15.5. The predicted octanol–water partition coefficient (Wildman–Crippen LogP) is 4.45. The zero-order valence-electron chi connectivity index (χ0n) is 12.2. The molecule has 2 rings (SSSR count). The quantitative estimate of drug-likeness (QED) is 0.710. The molecular weight excluding hydrogens is 374 g/mol. The van der Waals surface area contributed by atoms with Crippen LogP contribution in [0.3, 0.4) is 0 Å². The first-order chi connectivity index (χ1) is 9.96. The Balaban J connectivity index is 2.40. The highest BCUT2D eigenvalue weighted by Gasteiger charge is 2.27. The van der Waals surface area contributed by atoms with Gasteiger partial charge in [0.15, 0.2) is 0 Å². The minimum atomic E-state index is -3.44. The molecule has 21 heavy (non-hydrogen) atoms. The van der Waals surface area contributed by atoms with Crippen molar-refractivity contribution in [3.63, 3.8) is 0 Å². The van der Waals surface area contributed by atoms with Crippen molar-refractivity contribution in [3.8, 4) is 0 Å². The van der Waals surface area contributed by atoms with Crippen molar-refractivity contribution in [2.45, 2.75) is 49.8 Å². The van der Waals surface area contributed by atoms with Crippen LogP contribution in [0.25, 0.3) is 0 Å². The highest BCUT2D eigenvalue weighted by Crippen LogP contribution is 2.29. The fraction of sp³-hybridized carbons (Fsp3) is 0.600. The Morgan fingerprint density at radius 1 is 1.14 bits per heavy atom. The maximum atomic E-state index is 13.0. The molecule has 0 bridgehead atoms. The van der Waals surface area contributed by atoms with E-state index in [1.165, 1.54) is 6.42 Å². The first kappa shape index (κ1) is 17.3. The van der Waals surface area contributed by atoms with E-state index in [1.807, 2.05) is 13.0 Å². The molecule has 0 atom stereocenters. The molecule has 1 aliphatic rings. The number of hydrogen-bond donors (Lipinski definition) is 0. The molecule has 1 aliphatic heterocycles. The molecule has 1 saturated heterocycles. The van der Waals surface area contributed by atoms with E-state index in [-0.39, 0.29) is 0 Å². The molecule has 0 aromatic heterocycles. The molecule has 1 aromatic carbocycles. The lowest BCUT2D eigenvalue weighted by atomic mass is 10.1. The average Bonchev–Trinajstić information content (AvgIpc) is 2.40. The van der Waals surface area contributed by atoms with E-state index >= 15 is 0 Å². The van der Waals surface area contributed by atoms with Crippen LogP contribution in [-0.4, -0.2) is 25.8 Å². The summed E-state index contributed by atoms with van der Waals surface area (Å²) in [6.07, 6.45) is 5.30. The molecule has 0 radical (unpaired) electrons. The first-order valence-corrected chi connectivity index (χ1v) is 10.1. The van der Waals surface area contributed by atoms with E-state index < -0.39 is 10.0 Å². The monoisotopic (exact) mass is 393 g/mol. The van der Waals surface area contributed by atoms with Crippen LogP contribution < -0.4 is 0 Å². The summed E-state index contributed by atoms with van der Waals surface area (Å²) in [6, 6.07) is 3.59. The maximum Gasteiger partial charge on any atom is 0.243 e. The third kappa shape index (κ3) is 4.01. The number of halogens is 2. The summed E-state index contributed by atoms with van der Waals surface area (Å²) in [6.45, 7) is 3.06. The Hall–Kier alpha value is -0.100. The minimum absolute atomic E-state index is 0.307. The maximum absolute atomic E-state index is 13.0. The van der Waals surface area contributed by atoms with Gasteiger partial charge in [-0.1, -0.05) is 35.2 Å². The van der Waals surface area contributed by atoms with E-state index in [4.69, 9.17) is 11.6 Å². The molecule has 0 spiro atoms. The van der Waals surface area contributed by atoms with Gasteiger partial charge in [-0.2, -0.15) is 4.31 Å². The van der Waals surface area contributed by atoms with Crippen LogP contribution >= 0.6 is 27.5 Å². The van der Waals surface area contributed by atoms with Gasteiger partial charge >= 0.3 is 0 Å². The smallest absolute Gasteiger partial charge is 0.207 e. The number of benzene rings is 1. The summed E-state index contributed by atoms with van der Waals surface area (Å²) in [5, 5.41) is 0. The second-order valence-electron chi connectivity index (χ2n) is 5.51. The van der Waals surface area contributed by atoms with Crippen molar-refractivity contribution >= 4 is 37.6 Å². The van der Waals surface area contributed by atoms with E-state index in [9.17, 15) is 8.42 Å². The zero-order valence-corrected chi connectivity index (χ0v) is 15.4. The topological polar surface area (TPSA) is 37.4 Å². The van der Waals surface area contributed by atoms with E-state index in [0.29, 0.717) is 23.9 Å². The van der Waals surface area contributed by atoms with Gasteiger partial charge in [0.1, 0.15) is 0 Å². The predicted molar refractivity (Wildman–Crippen MR) is 90.3 cm³/mol. The van der Waals surface area contributed by atoms with Gasteiger partial charge in [-0.25, -0.2) is 8.42 Å². The molecule has 118 valence electrons. The van der Waals surface area contributed by atoms with Gasteiger partial charge < -0.3 is 0 Å². The fourth-order valence-corrected chi connectivity index (χ4v) is 5.26. The van der Waals surface area contributed by atoms with Crippen LogP contribution in [0.5, 0.6) is 0 Å². The van der Waals surface area contributed by atoms with Crippen molar-refractivity contribution in [1.82, 2.24) is 4.31 Å². The van der Waals surface area contributed by atoms with Gasteiger partial charge in [0.2, 0.25) is 10.0 Å². The molecule has 0 amide bonds. The summed E-state index contributed by atoms with van der Waals surface area (Å²) in [5.41, 5.74) is 1.57. The van der Waals surface area contributed by atoms with E-state index in [0.717, 1.165) is 41.3 Å². The SMILES string of the molecule is Cc1c(Br)cc(CCl)cc1S(=O)(=O)N1CCCCCCC1. The Kier molecular flexibility index (Phi) is 6.12. The summed E-state index contributed by atoms with van der Waals surface area (Å²) in [5.74, 6) is 0.307. The van der Waals surface area contributed by atoms with E-state index in [1.54, 1.807) is 10.4 Å². The molecule has 1 heterocycles. The molecule has 0 N–H and O–H groups in total. The van der Waals surface area contributed by atoms with Gasteiger partial charge in [0.05, 0.1) is 4.90 Å². The highest BCUT2D eigenvalue weighted by molar-refractivity contribution is 9.10. The fourth-order valence-electron chi connectivity index (χ4n) is 2.65. The molecular formula is C15H21BrClNO2S. The lowest BCUT2D eigenvalue weighted by molar-refractivity contribution is 0.364. The van der Waals surface area contributed by atoms with Crippen LogP contribution in [0, 0.1) is 6.92 Å². The Bertz CT molecular complexity index is 596. The van der Waals surface area contributed by atoms with Gasteiger partial charge in [-0.3, -0.25) is 0 Å². The lowest BCUT2D eigenvalue weighted by Gasteiger charge is -2.25. The number of sulfonamides is 1. The van der Waals surface area contributed by atoms with Crippen molar-refractivity contribution in [2.24, 2.45) is 0 Å². The Labute approximate surface area is 140 Å². The molecule has 0 aliphatic carbocycles. The summed E-state index contributed by atoms with van der Waals surface area (Å²) in [7, 11) is -3.44. The summed E-state index contributed by atoms with van der Waals surface area (Å²) < 4.78 is 28.3. The van der Waals surface area contributed by atoms with Crippen LogP contribution in [0.1, 0.15) is 43.2 Å². The van der Waals surface area contributed by atoms with Crippen LogP contribution in [0.4, 0.5) is 0 Å². The minimum Gasteiger partial charge on any atom is -0.207 e. The van der Waals surface area contributed by atoms with E-state index in [2.05, 4.69) is 15.9 Å². The molecule has 0 unspecified atom stereocenters. The number of hydrogen-bond acceptors (Lipinski definition) is 2. The molecule has 3 nitrogen and oxygen atoms in total. The van der Waals surface area contributed by atoms with Crippen LogP contribution in [0.15, 0.2) is 21.5 Å². The van der Waals surface area contributed by atoms with Crippen molar-refractivity contribution < 1.29 is 8.42 Å². The Morgan fingerprint density at radius 2 is 1.71 bits per heavy atom. The lowest BCUT2D eigenvalue weighted by Crippen LogP contribution is -2.34. The third-order valence-corrected chi connectivity index (χ3v) is 7.10. The third-order valence-electron chi connectivity index (χ3n) is 3.94. The first-order valence-electron chi connectivity index (χ1n) is 7.32. The normalized spacial score (nSPS) is 18.2. The number of nitrogens with zero attached hydrogens (tertiary/aromatic N) is 1. The summed E-state index contributed by atoms with van der Waals surface area (Å²) >= 11 is 9.32. The summed E-state index contributed by atoms with van der Waals surface area (Å²) in [4.78, 5) is 0.382. The van der Waals surface area contributed by atoms with Crippen molar-refractivity contribution in [1.29, 1.82) is 0 Å². The van der Waals surface area contributed by atoms with Crippen molar-refractivity contribution in [2.75, 3.05) is 13.1 Å². The second-order valence-corrected chi connectivity index (χ2v) is 8.53. The molecule has 0 saturated carbocycles. The van der Waals surface area contributed by atoms with Crippen molar-refractivity contribution in [3.05, 3.63) is 27.7 Å². The van der Waals surface area contributed by atoms with Gasteiger partial charge in [-0.05, 0) is 43.0 Å². The Morgan fingerprint density at radius 3 is 2.29 bits per heavy atom.